The van der Waals surface area contributed by atoms with Gasteiger partial charge in [-0.15, -0.1) is 23.1 Å². The highest BCUT2D eigenvalue weighted by Gasteiger charge is 2.21. The number of aryl methyl sites for hydroxylation is 1. The van der Waals surface area contributed by atoms with Gasteiger partial charge in [0, 0.05) is 35.5 Å². The number of thiophene rings is 1. The Morgan fingerprint density at radius 3 is 2.80 bits per heavy atom. The van der Waals surface area contributed by atoms with Gasteiger partial charge in [-0.3, -0.25) is 9.36 Å². The standard InChI is InChI=1S/C22H16N2O4S2/c1-24-16-9-8-13(11-18(16)28-22(24)26)23-21(25)20-15(12-30-19-7-4-10-29-19)14-5-2-3-6-17(14)27-20/h2-11H,12H2,1H3,(H,23,25). The van der Waals surface area contributed by atoms with E-state index < -0.39 is 5.76 Å². The summed E-state index contributed by atoms with van der Waals surface area (Å²) in [7, 11) is 1.64. The average molecular weight is 437 g/mol. The fourth-order valence-corrected chi connectivity index (χ4v) is 5.13. The van der Waals surface area contributed by atoms with Crippen LogP contribution in [0.5, 0.6) is 0 Å². The number of fused-ring (bicyclic) bond motifs is 2. The Hall–Kier alpha value is -3.23. The molecule has 0 aliphatic heterocycles. The van der Waals surface area contributed by atoms with Crippen LogP contribution in [-0.4, -0.2) is 10.5 Å². The minimum absolute atomic E-state index is 0.287. The summed E-state index contributed by atoms with van der Waals surface area (Å²) in [6, 6.07) is 16.8. The number of nitrogens with one attached hydrogen (secondary N) is 1. The number of aromatic nitrogens is 1. The Morgan fingerprint density at radius 1 is 1.10 bits per heavy atom. The minimum Gasteiger partial charge on any atom is -0.451 e. The number of oxazole rings is 1. The maximum Gasteiger partial charge on any atom is 0.419 e. The molecule has 6 nitrogen and oxygen atoms in total. The van der Waals surface area contributed by atoms with E-state index >= 15 is 0 Å². The lowest BCUT2D eigenvalue weighted by atomic mass is 10.1. The first-order valence-corrected chi connectivity index (χ1v) is 11.0. The third-order valence-corrected chi connectivity index (χ3v) is 6.97. The molecule has 0 saturated heterocycles. The van der Waals surface area contributed by atoms with Crippen molar-refractivity contribution in [1.29, 1.82) is 0 Å². The number of thioether (sulfide) groups is 1. The van der Waals surface area contributed by atoms with Gasteiger partial charge in [-0.1, -0.05) is 24.3 Å². The largest absolute Gasteiger partial charge is 0.451 e. The number of carbonyl (C=O) groups excluding carboxylic acids is 1. The van der Waals surface area contributed by atoms with Gasteiger partial charge in [-0.25, -0.2) is 4.79 Å². The van der Waals surface area contributed by atoms with E-state index in [1.807, 2.05) is 35.7 Å². The van der Waals surface area contributed by atoms with Gasteiger partial charge in [-0.2, -0.15) is 0 Å². The average Bonchev–Trinajstić information content (AvgIpc) is 3.45. The van der Waals surface area contributed by atoms with Gasteiger partial charge in [-0.05, 0) is 29.6 Å². The number of anilines is 1. The van der Waals surface area contributed by atoms with Gasteiger partial charge in [0.25, 0.3) is 5.91 Å². The highest BCUT2D eigenvalue weighted by molar-refractivity contribution is 8.00. The molecule has 5 rings (SSSR count). The molecule has 150 valence electrons. The number of hydrogen-bond acceptors (Lipinski definition) is 6. The maximum absolute atomic E-state index is 13.1. The topological polar surface area (TPSA) is 77.4 Å². The number of para-hydroxylation sites is 1. The lowest BCUT2D eigenvalue weighted by Crippen LogP contribution is -2.12. The van der Waals surface area contributed by atoms with Crippen molar-refractivity contribution in [2.45, 2.75) is 9.96 Å². The van der Waals surface area contributed by atoms with Crippen molar-refractivity contribution in [2.75, 3.05) is 5.32 Å². The summed E-state index contributed by atoms with van der Waals surface area (Å²) in [6.45, 7) is 0. The summed E-state index contributed by atoms with van der Waals surface area (Å²) in [5.74, 6) is 0.117. The fraction of sp³-hybridized carbons (Fsp3) is 0.0909. The molecule has 1 amide bonds. The van der Waals surface area contributed by atoms with Gasteiger partial charge >= 0.3 is 5.76 Å². The molecule has 0 spiro atoms. The zero-order valence-electron chi connectivity index (χ0n) is 15.9. The van der Waals surface area contributed by atoms with Crippen LogP contribution in [0.25, 0.3) is 22.1 Å². The van der Waals surface area contributed by atoms with Crippen LogP contribution < -0.4 is 11.1 Å². The number of rotatable bonds is 5. The number of carbonyl (C=O) groups is 1. The Morgan fingerprint density at radius 2 is 1.97 bits per heavy atom. The third kappa shape index (κ3) is 3.34. The lowest BCUT2D eigenvalue weighted by molar-refractivity contribution is 0.0998. The Balaban J connectivity index is 1.48. The molecule has 0 aliphatic rings. The van der Waals surface area contributed by atoms with Crippen molar-refractivity contribution in [2.24, 2.45) is 7.05 Å². The van der Waals surface area contributed by atoms with Crippen molar-refractivity contribution in [3.8, 4) is 0 Å². The van der Waals surface area contributed by atoms with Crippen LogP contribution in [0.4, 0.5) is 5.69 Å². The lowest BCUT2D eigenvalue weighted by Gasteiger charge is -2.05. The van der Waals surface area contributed by atoms with E-state index in [0.717, 1.165) is 10.9 Å². The van der Waals surface area contributed by atoms with Gasteiger partial charge in [0.05, 0.1) is 9.73 Å². The van der Waals surface area contributed by atoms with Crippen LogP contribution in [0, 0.1) is 0 Å². The molecule has 8 heteroatoms. The second kappa shape index (κ2) is 7.55. The molecule has 3 aromatic heterocycles. The Labute approximate surface area is 179 Å². The molecular weight excluding hydrogens is 420 g/mol. The fourth-order valence-electron chi connectivity index (χ4n) is 3.31. The highest BCUT2D eigenvalue weighted by Crippen LogP contribution is 2.34. The van der Waals surface area contributed by atoms with Crippen LogP contribution in [0.15, 0.2) is 77.8 Å². The zero-order valence-corrected chi connectivity index (χ0v) is 17.5. The summed E-state index contributed by atoms with van der Waals surface area (Å²) in [6.07, 6.45) is 0. The number of nitrogens with zero attached hydrogens (tertiary/aromatic N) is 1. The van der Waals surface area contributed by atoms with Crippen molar-refractivity contribution < 1.29 is 13.6 Å². The molecule has 3 heterocycles. The second-order valence-electron chi connectivity index (χ2n) is 6.69. The molecule has 5 aromatic rings. The maximum atomic E-state index is 13.1. The zero-order chi connectivity index (χ0) is 20.7. The number of furan rings is 1. The first kappa shape index (κ1) is 18.8. The van der Waals surface area contributed by atoms with E-state index in [9.17, 15) is 9.59 Å². The van der Waals surface area contributed by atoms with Crippen LogP contribution in [0.3, 0.4) is 0 Å². The van der Waals surface area contributed by atoms with Crippen LogP contribution in [-0.2, 0) is 12.8 Å². The predicted octanol–water partition coefficient (Wildman–Crippen LogP) is 5.48. The molecule has 1 N–H and O–H groups in total. The molecule has 0 unspecified atom stereocenters. The quantitative estimate of drug-likeness (QED) is 0.369. The molecule has 0 radical (unpaired) electrons. The first-order chi connectivity index (χ1) is 14.6. The SMILES string of the molecule is Cn1c(=O)oc2cc(NC(=O)c3oc4ccccc4c3CSc3cccs3)ccc21. The number of benzene rings is 2. The molecule has 0 saturated carbocycles. The smallest absolute Gasteiger partial charge is 0.419 e. The van der Waals surface area contributed by atoms with Crippen LogP contribution in [0.2, 0.25) is 0 Å². The van der Waals surface area contributed by atoms with Crippen molar-refractivity contribution >= 4 is 56.8 Å². The number of hydrogen-bond donors (Lipinski definition) is 1. The summed E-state index contributed by atoms with van der Waals surface area (Å²) >= 11 is 3.33. The normalized spacial score (nSPS) is 11.4. The predicted molar refractivity (Wildman–Crippen MR) is 120 cm³/mol. The second-order valence-corrected chi connectivity index (χ2v) is 8.91. The molecular formula is C22H16N2O4S2. The molecule has 0 bridgehead atoms. The van der Waals surface area contributed by atoms with E-state index in [-0.39, 0.29) is 11.7 Å². The molecule has 0 aliphatic carbocycles. The summed E-state index contributed by atoms with van der Waals surface area (Å²) in [5.41, 5.74) is 3.13. The Bertz CT molecular complexity index is 1430. The number of amides is 1. The van der Waals surface area contributed by atoms with Gasteiger partial charge < -0.3 is 14.2 Å². The first-order valence-electron chi connectivity index (χ1n) is 9.18. The van der Waals surface area contributed by atoms with Gasteiger partial charge in [0.1, 0.15) is 5.58 Å². The Kier molecular flexibility index (Phi) is 4.72. The van der Waals surface area contributed by atoms with E-state index in [4.69, 9.17) is 8.83 Å². The minimum atomic E-state index is -0.446. The van der Waals surface area contributed by atoms with E-state index in [2.05, 4.69) is 11.4 Å². The highest BCUT2D eigenvalue weighted by atomic mass is 32.2. The van der Waals surface area contributed by atoms with E-state index in [1.165, 1.54) is 8.78 Å². The van der Waals surface area contributed by atoms with Crippen molar-refractivity contribution in [3.63, 3.8) is 0 Å². The third-order valence-electron chi connectivity index (χ3n) is 4.81. The van der Waals surface area contributed by atoms with Crippen molar-refractivity contribution in [1.82, 2.24) is 4.57 Å². The molecule has 2 aromatic carbocycles. The van der Waals surface area contributed by atoms with E-state index in [0.29, 0.717) is 28.1 Å². The summed E-state index contributed by atoms with van der Waals surface area (Å²) in [4.78, 5) is 24.8. The molecule has 0 fully saturated rings. The van der Waals surface area contributed by atoms with Gasteiger partial charge in [0.15, 0.2) is 11.3 Å². The summed E-state index contributed by atoms with van der Waals surface area (Å²) in [5, 5.41) is 5.82. The van der Waals surface area contributed by atoms with Crippen LogP contribution >= 0.6 is 23.1 Å². The molecule has 30 heavy (non-hydrogen) atoms. The monoisotopic (exact) mass is 436 g/mol. The van der Waals surface area contributed by atoms with Crippen LogP contribution in [0.1, 0.15) is 16.1 Å². The van der Waals surface area contributed by atoms with Gasteiger partial charge in [0.2, 0.25) is 0 Å². The van der Waals surface area contributed by atoms with Crippen molar-refractivity contribution in [3.05, 3.63) is 81.9 Å². The van der Waals surface area contributed by atoms with E-state index in [1.54, 1.807) is 48.3 Å². The molecule has 0 atom stereocenters. The summed E-state index contributed by atoms with van der Waals surface area (Å²) < 4.78 is 13.7.